The second kappa shape index (κ2) is 5.10. The van der Waals surface area contributed by atoms with Gasteiger partial charge in [0.2, 0.25) is 5.91 Å². The molecule has 0 bridgehead atoms. The molecule has 2 aliphatic heterocycles. The van der Waals surface area contributed by atoms with Gasteiger partial charge >= 0.3 is 0 Å². The van der Waals surface area contributed by atoms with Gasteiger partial charge in [-0.25, -0.2) is 12.8 Å². The number of carbonyl (C=O) groups excluding carboxylic acids is 1. The predicted octanol–water partition coefficient (Wildman–Crippen LogP) is 1.45. The first-order valence-corrected chi connectivity index (χ1v) is 9.07. The fraction of sp³-hybridized carbons (Fsp3) is 0.385. The third kappa shape index (κ3) is 2.82. The summed E-state index contributed by atoms with van der Waals surface area (Å²) in [7, 11) is -3.10. The molecule has 2 fully saturated rings. The lowest BCUT2D eigenvalue weighted by Crippen LogP contribution is -2.37. The lowest BCUT2D eigenvalue weighted by molar-refractivity contribution is -0.115. The van der Waals surface area contributed by atoms with Crippen LogP contribution in [0, 0.1) is 5.82 Å². The average molecular weight is 328 g/mol. The fourth-order valence-electron chi connectivity index (χ4n) is 2.63. The van der Waals surface area contributed by atoms with E-state index in [-0.39, 0.29) is 28.7 Å². The zero-order valence-corrected chi connectivity index (χ0v) is 12.8. The molecule has 1 aromatic rings. The molecule has 0 aliphatic carbocycles. The Balaban J connectivity index is 2.05. The zero-order chi connectivity index (χ0) is 15.2. The number of thioether (sulfide) groups is 1. The Kier molecular flexibility index (Phi) is 3.53. The molecule has 0 spiro atoms. The van der Waals surface area contributed by atoms with E-state index in [1.165, 1.54) is 30.8 Å². The number of nitrogens with zero attached hydrogens (tertiary/aromatic N) is 2. The Bertz CT molecular complexity index is 733. The van der Waals surface area contributed by atoms with Gasteiger partial charge in [0.25, 0.3) is 0 Å². The summed E-state index contributed by atoms with van der Waals surface area (Å²) >= 11 is 1.27. The van der Waals surface area contributed by atoms with Gasteiger partial charge in [-0.15, -0.1) is 0 Å². The van der Waals surface area contributed by atoms with Gasteiger partial charge in [0, 0.05) is 17.9 Å². The molecule has 3 rings (SSSR count). The smallest absolute Gasteiger partial charge is 0.244 e. The van der Waals surface area contributed by atoms with Crippen molar-refractivity contribution in [1.29, 1.82) is 0 Å². The molecule has 0 saturated carbocycles. The topological polar surface area (TPSA) is 66.8 Å². The van der Waals surface area contributed by atoms with Crippen LogP contribution in [0.3, 0.4) is 0 Å². The van der Waals surface area contributed by atoms with Crippen molar-refractivity contribution >= 4 is 38.4 Å². The summed E-state index contributed by atoms with van der Waals surface area (Å²) in [6.07, 6.45) is 0. The highest BCUT2D eigenvalue weighted by Gasteiger charge is 2.49. The van der Waals surface area contributed by atoms with Crippen LogP contribution in [0.5, 0.6) is 0 Å². The van der Waals surface area contributed by atoms with E-state index in [1.54, 1.807) is 17.0 Å². The number of fused-ring (bicyclic) bond motifs is 1. The molecular formula is C13H13FN2O3S2. The number of carbonyl (C=O) groups is 1. The summed E-state index contributed by atoms with van der Waals surface area (Å²) in [4.78, 5) is 16.9. The van der Waals surface area contributed by atoms with Crippen LogP contribution < -0.4 is 4.90 Å². The Morgan fingerprint density at radius 1 is 1.43 bits per heavy atom. The third-order valence-electron chi connectivity index (χ3n) is 3.41. The van der Waals surface area contributed by atoms with E-state index in [0.717, 1.165) is 0 Å². The van der Waals surface area contributed by atoms with Crippen molar-refractivity contribution in [2.24, 2.45) is 4.99 Å². The van der Waals surface area contributed by atoms with Crippen LogP contribution >= 0.6 is 11.8 Å². The Hall–Kier alpha value is -1.41. The molecule has 5 nitrogen and oxygen atoms in total. The average Bonchev–Trinajstić information content (AvgIpc) is 2.79. The largest absolute Gasteiger partial charge is 0.315 e. The quantitative estimate of drug-likeness (QED) is 0.780. The molecule has 2 unspecified atom stereocenters. The number of rotatable bonds is 1. The maximum Gasteiger partial charge on any atom is 0.244 e. The van der Waals surface area contributed by atoms with E-state index in [0.29, 0.717) is 10.9 Å². The van der Waals surface area contributed by atoms with E-state index in [2.05, 4.69) is 4.99 Å². The summed E-state index contributed by atoms with van der Waals surface area (Å²) in [5, 5.41) is 0.273. The highest BCUT2D eigenvalue weighted by Crippen LogP contribution is 2.40. The molecule has 0 radical (unpaired) electrons. The van der Waals surface area contributed by atoms with Crippen LogP contribution in [0.4, 0.5) is 10.1 Å². The number of aliphatic imine (C=N–C) groups is 1. The SMILES string of the molecule is CC(=O)N=C1SC2CS(=O)(=O)CC2N1c1cccc(F)c1. The maximum atomic E-state index is 13.4. The molecule has 2 heterocycles. The van der Waals surface area contributed by atoms with Crippen molar-refractivity contribution in [3.63, 3.8) is 0 Å². The van der Waals surface area contributed by atoms with Crippen LogP contribution in [0.15, 0.2) is 29.3 Å². The number of amides is 1. The molecule has 1 aromatic carbocycles. The first kappa shape index (κ1) is 14.5. The van der Waals surface area contributed by atoms with Crippen LogP contribution in [0.25, 0.3) is 0 Å². The fourth-order valence-corrected chi connectivity index (χ4v) is 6.59. The van der Waals surface area contributed by atoms with Crippen LogP contribution in [0.2, 0.25) is 0 Å². The molecule has 2 saturated heterocycles. The van der Waals surface area contributed by atoms with E-state index in [1.807, 2.05) is 0 Å². The normalized spacial score (nSPS) is 28.9. The Labute approximate surface area is 126 Å². The first-order chi connectivity index (χ1) is 9.85. The number of hydrogen-bond acceptors (Lipinski definition) is 4. The minimum absolute atomic E-state index is 0.00188. The van der Waals surface area contributed by atoms with Crippen molar-refractivity contribution in [2.75, 3.05) is 16.4 Å². The lowest BCUT2D eigenvalue weighted by atomic mass is 10.2. The van der Waals surface area contributed by atoms with Gasteiger partial charge in [-0.05, 0) is 18.2 Å². The van der Waals surface area contributed by atoms with Crippen molar-refractivity contribution in [2.45, 2.75) is 18.2 Å². The van der Waals surface area contributed by atoms with Crippen molar-refractivity contribution in [1.82, 2.24) is 0 Å². The number of sulfone groups is 1. The molecule has 0 aromatic heterocycles. The number of amidine groups is 1. The van der Waals surface area contributed by atoms with E-state index in [4.69, 9.17) is 0 Å². The zero-order valence-electron chi connectivity index (χ0n) is 11.2. The van der Waals surface area contributed by atoms with E-state index < -0.39 is 15.7 Å². The van der Waals surface area contributed by atoms with Gasteiger partial charge < -0.3 is 4.90 Å². The summed E-state index contributed by atoms with van der Waals surface area (Å²) in [6.45, 7) is 1.34. The molecule has 21 heavy (non-hydrogen) atoms. The van der Waals surface area contributed by atoms with Crippen LogP contribution in [0.1, 0.15) is 6.92 Å². The van der Waals surface area contributed by atoms with Gasteiger partial charge in [0.1, 0.15) is 5.82 Å². The van der Waals surface area contributed by atoms with Crippen molar-refractivity contribution in [3.8, 4) is 0 Å². The van der Waals surface area contributed by atoms with Gasteiger partial charge in [0.15, 0.2) is 15.0 Å². The molecule has 2 aliphatic rings. The summed E-state index contributed by atoms with van der Waals surface area (Å²) in [6, 6.07) is 5.57. The second-order valence-corrected chi connectivity index (χ2v) is 8.42. The van der Waals surface area contributed by atoms with E-state index in [9.17, 15) is 17.6 Å². The predicted molar refractivity (Wildman–Crippen MR) is 80.8 cm³/mol. The minimum atomic E-state index is -3.10. The number of benzene rings is 1. The van der Waals surface area contributed by atoms with Gasteiger partial charge in [-0.3, -0.25) is 4.79 Å². The molecule has 1 amide bonds. The van der Waals surface area contributed by atoms with Crippen LogP contribution in [-0.2, 0) is 14.6 Å². The van der Waals surface area contributed by atoms with Gasteiger partial charge in [-0.2, -0.15) is 4.99 Å². The number of hydrogen-bond donors (Lipinski definition) is 0. The molecule has 112 valence electrons. The van der Waals surface area contributed by atoms with Crippen LogP contribution in [-0.4, -0.2) is 42.3 Å². The Morgan fingerprint density at radius 3 is 2.86 bits per heavy atom. The first-order valence-electron chi connectivity index (χ1n) is 6.37. The number of anilines is 1. The third-order valence-corrected chi connectivity index (χ3v) is 6.62. The highest BCUT2D eigenvalue weighted by atomic mass is 32.2. The maximum absolute atomic E-state index is 13.4. The summed E-state index contributed by atoms with van der Waals surface area (Å²) < 4.78 is 37.0. The highest BCUT2D eigenvalue weighted by molar-refractivity contribution is 8.16. The van der Waals surface area contributed by atoms with E-state index >= 15 is 0 Å². The molecule has 0 N–H and O–H groups in total. The molecule has 2 atom stereocenters. The Morgan fingerprint density at radius 2 is 2.19 bits per heavy atom. The standard InChI is InChI=1S/C13H13FN2O3S2/c1-8(17)15-13-16(10-4-2-3-9(14)5-10)11-6-21(18,19)7-12(11)20-13/h2-5,11-12H,6-7H2,1H3. The minimum Gasteiger partial charge on any atom is -0.315 e. The number of halogens is 1. The second-order valence-electron chi connectivity index (χ2n) is 5.06. The van der Waals surface area contributed by atoms with Gasteiger partial charge in [0.05, 0.1) is 17.5 Å². The summed E-state index contributed by atoms with van der Waals surface area (Å²) in [5.74, 6) is -0.714. The monoisotopic (exact) mass is 328 g/mol. The van der Waals surface area contributed by atoms with Crippen molar-refractivity contribution < 1.29 is 17.6 Å². The van der Waals surface area contributed by atoms with Gasteiger partial charge in [-0.1, -0.05) is 17.8 Å². The van der Waals surface area contributed by atoms with Crippen molar-refractivity contribution in [3.05, 3.63) is 30.1 Å². The molecular weight excluding hydrogens is 315 g/mol. The molecule has 8 heteroatoms. The lowest BCUT2D eigenvalue weighted by Gasteiger charge is -2.24. The summed E-state index contributed by atoms with van der Waals surface area (Å²) in [5.41, 5.74) is 0.520.